The van der Waals surface area contributed by atoms with E-state index in [4.69, 9.17) is 10.8 Å². The van der Waals surface area contributed by atoms with Crippen molar-refractivity contribution < 1.29 is 18.3 Å². The van der Waals surface area contributed by atoms with E-state index in [1.165, 1.54) is 24.4 Å². The molecule has 0 aliphatic heterocycles. The van der Waals surface area contributed by atoms with Crippen LogP contribution in [0.2, 0.25) is 0 Å². The number of carboxylic acid groups (broad SMARTS) is 1. The van der Waals surface area contributed by atoms with Crippen molar-refractivity contribution >= 4 is 38.3 Å². The SMILES string of the molecule is Cc1ccc2cccnc2c1S(=O)(=O)Nc1ccc(N)cc1C#Cc1ccc(C(=O)O)nc1. The summed E-state index contributed by atoms with van der Waals surface area (Å²) in [5, 5.41) is 9.66. The fourth-order valence-electron chi connectivity index (χ4n) is 3.24. The lowest BCUT2D eigenvalue weighted by Crippen LogP contribution is -2.16. The highest BCUT2D eigenvalue weighted by molar-refractivity contribution is 7.93. The van der Waals surface area contributed by atoms with E-state index >= 15 is 0 Å². The molecule has 4 rings (SSSR count). The van der Waals surface area contributed by atoms with Crippen molar-refractivity contribution in [2.24, 2.45) is 0 Å². The van der Waals surface area contributed by atoms with Gasteiger partial charge in [0.1, 0.15) is 10.6 Å². The molecule has 0 saturated carbocycles. The molecule has 0 radical (unpaired) electrons. The maximum atomic E-state index is 13.4. The number of rotatable bonds is 4. The number of aromatic carboxylic acids is 1. The van der Waals surface area contributed by atoms with Crippen LogP contribution in [-0.2, 0) is 10.0 Å². The number of aryl methyl sites for hydroxylation is 1. The molecular weight excluding hydrogens is 440 g/mol. The zero-order valence-electron chi connectivity index (χ0n) is 17.4. The first-order valence-corrected chi connectivity index (χ1v) is 11.2. The second kappa shape index (κ2) is 8.61. The first-order chi connectivity index (χ1) is 15.7. The van der Waals surface area contributed by atoms with Crippen LogP contribution in [0.4, 0.5) is 11.4 Å². The molecule has 0 aliphatic rings. The molecule has 164 valence electrons. The third-order valence-corrected chi connectivity index (χ3v) is 6.35. The van der Waals surface area contributed by atoms with Crippen LogP contribution >= 0.6 is 0 Å². The van der Waals surface area contributed by atoms with Gasteiger partial charge in [-0.1, -0.05) is 30.0 Å². The van der Waals surface area contributed by atoms with Crippen molar-refractivity contribution in [2.45, 2.75) is 11.8 Å². The van der Waals surface area contributed by atoms with Gasteiger partial charge in [-0.25, -0.2) is 18.2 Å². The number of nitrogens with one attached hydrogen (secondary N) is 1. The number of carbonyl (C=O) groups is 1. The number of benzene rings is 2. The van der Waals surface area contributed by atoms with Gasteiger partial charge in [0.15, 0.2) is 0 Å². The molecule has 0 spiro atoms. The summed E-state index contributed by atoms with van der Waals surface area (Å²) in [6, 6.07) is 14.6. The molecule has 2 aromatic carbocycles. The molecular formula is C24H18N4O4S. The molecule has 33 heavy (non-hydrogen) atoms. The summed E-state index contributed by atoms with van der Waals surface area (Å²) in [5.74, 6) is 4.60. The van der Waals surface area contributed by atoms with E-state index in [1.54, 1.807) is 43.5 Å². The summed E-state index contributed by atoms with van der Waals surface area (Å²) in [6.45, 7) is 1.71. The number of aromatic nitrogens is 2. The Morgan fingerprint density at radius 1 is 1.06 bits per heavy atom. The molecule has 0 saturated heterocycles. The maximum Gasteiger partial charge on any atom is 0.354 e. The van der Waals surface area contributed by atoms with E-state index in [2.05, 4.69) is 26.5 Å². The Labute approximate surface area is 190 Å². The first kappa shape index (κ1) is 21.8. The average molecular weight is 458 g/mol. The fraction of sp³-hybridized carbons (Fsp3) is 0.0417. The summed E-state index contributed by atoms with van der Waals surface area (Å²) in [4.78, 5) is 19.1. The number of fused-ring (bicyclic) bond motifs is 1. The van der Waals surface area contributed by atoms with Crippen LogP contribution < -0.4 is 10.5 Å². The number of hydrogen-bond acceptors (Lipinski definition) is 6. The first-order valence-electron chi connectivity index (χ1n) is 9.73. The van der Waals surface area contributed by atoms with E-state index in [0.29, 0.717) is 33.3 Å². The average Bonchev–Trinajstić information content (AvgIpc) is 2.79. The van der Waals surface area contributed by atoms with Gasteiger partial charge in [-0.05, 0) is 48.9 Å². The molecule has 0 unspecified atom stereocenters. The molecule has 0 aliphatic carbocycles. The van der Waals surface area contributed by atoms with Crippen LogP contribution in [0.5, 0.6) is 0 Å². The number of hydrogen-bond donors (Lipinski definition) is 3. The second-order valence-corrected chi connectivity index (χ2v) is 8.80. The summed E-state index contributed by atoms with van der Waals surface area (Å²) in [7, 11) is -4.00. The molecule has 8 nitrogen and oxygen atoms in total. The molecule has 4 N–H and O–H groups in total. The smallest absolute Gasteiger partial charge is 0.354 e. The van der Waals surface area contributed by atoms with E-state index in [9.17, 15) is 13.2 Å². The number of pyridine rings is 2. The monoisotopic (exact) mass is 458 g/mol. The second-order valence-electron chi connectivity index (χ2n) is 7.18. The van der Waals surface area contributed by atoms with Gasteiger partial charge in [0, 0.05) is 29.0 Å². The summed E-state index contributed by atoms with van der Waals surface area (Å²) in [6.07, 6.45) is 2.88. The van der Waals surface area contributed by atoms with Crippen LogP contribution in [0.25, 0.3) is 10.9 Å². The number of anilines is 2. The van der Waals surface area contributed by atoms with E-state index in [0.717, 1.165) is 0 Å². The molecule has 0 fully saturated rings. The lowest BCUT2D eigenvalue weighted by Gasteiger charge is -2.14. The summed E-state index contributed by atoms with van der Waals surface area (Å²) >= 11 is 0. The molecule has 2 aromatic heterocycles. The van der Waals surface area contributed by atoms with E-state index in [-0.39, 0.29) is 16.3 Å². The van der Waals surface area contributed by atoms with Gasteiger partial charge in [-0.15, -0.1) is 0 Å². The Balaban J connectivity index is 1.74. The maximum absolute atomic E-state index is 13.4. The van der Waals surface area contributed by atoms with Crippen LogP contribution in [0, 0.1) is 18.8 Å². The molecule has 0 atom stereocenters. The van der Waals surface area contributed by atoms with Gasteiger partial charge in [0.05, 0.1) is 16.8 Å². The minimum atomic E-state index is -4.00. The highest BCUT2D eigenvalue weighted by Crippen LogP contribution is 2.28. The summed E-state index contributed by atoms with van der Waals surface area (Å²) < 4.78 is 29.3. The minimum absolute atomic E-state index is 0.0878. The molecule has 4 aromatic rings. The normalized spacial score (nSPS) is 10.9. The highest BCUT2D eigenvalue weighted by Gasteiger charge is 2.22. The van der Waals surface area contributed by atoms with E-state index in [1.807, 2.05) is 6.07 Å². The van der Waals surface area contributed by atoms with Crippen molar-refractivity contribution in [3.63, 3.8) is 0 Å². The number of nitrogen functional groups attached to an aromatic ring is 1. The van der Waals surface area contributed by atoms with Gasteiger partial charge < -0.3 is 10.8 Å². The zero-order chi connectivity index (χ0) is 23.6. The van der Waals surface area contributed by atoms with Gasteiger partial charge in [0.2, 0.25) is 0 Å². The predicted octanol–water partition coefficient (Wildman–Crippen LogP) is 3.42. The van der Waals surface area contributed by atoms with Gasteiger partial charge in [0.25, 0.3) is 10.0 Å². The Morgan fingerprint density at radius 3 is 2.61 bits per heavy atom. The summed E-state index contributed by atoms with van der Waals surface area (Å²) in [5.41, 5.74) is 8.19. The predicted molar refractivity (Wildman–Crippen MR) is 125 cm³/mol. The molecule has 9 heteroatoms. The Bertz CT molecular complexity index is 1550. The van der Waals surface area contributed by atoms with Crippen LogP contribution in [0.3, 0.4) is 0 Å². The largest absolute Gasteiger partial charge is 0.477 e. The van der Waals surface area contributed by atoms with Gasteiger partial charge in [-0.2, -0.15) is 0 Å². The Kier molecular flexibility index (Phi) is 5.69. The highest BCUT2D eigenvalue weighted by atomic mass is 32.2. The van der Waals surface area contributed by atoms with Crippen molar-refractivity contribution in [2.75, 3.05) is 10.5 Å². The number of carboxylic acids is 1. The van der Waals surface area contributed by atoms with Crippen molar-refractivity contribution in [3.8, 4) is 11.8 Å². The standard InChI is InChI=1S/C24H18N4O4S/c1-15-4-7-17-3-2-12-26-22(17)23(15)33(31,32)28-20-11-9-19(25)13-18(20)8-5-16-6-10-21(24(29)30)27-14-16/h2-4,6-7,9-14,28H,25H2,1H3,(H,29,30). The zero-order valence-corrected chi connectivity index (χ0v) is 18.2. The molecule has 2 heterocycles. The van der Waals surface area contributed by atoms with Crippen molar-refractivity contribution in [1.29, 1.82) is 0 Å². The van der Waals surface area contributed by atoms with Gasteiger partial charge >= 0.3 is 5.97 Å². The van der Waals surface area contributed by atoms with Gasteiger partial charge in [-0.3, -0.25) is 9.71 Å². The van der Waals surface area contributed by atoms with Crippen LogP contribution in [-0.4, -0.2) is 29.5 Å². The lowest BCUT2D eigenvalue weighted by atomic mass is 10.1. The fourth-order valence-corrected chi connectivity index (χ4v) is 4.73. The Morgan fingerprint density at radius 2 is 1.88 bits per heavy atom. The number of nitrogens with two attached hydrogens (primary N) is 1. The van der Waals surface area contributed by atoms with Crippen molar-refractivity contribution in [3.05, 3.63) is 89.4 Å². The van der Waals surface area contributed by atoms with Crippen LogP contribution in [0.1, 0.15) is 27.2 Å². The van der Waals surface area contributed by atoms with Crippen LogP contribution in [0.15, 0.2) is 71.9 Å². The lowest BCUT2D eigenvalue weighted by molar-refractivity contribution is 0.0690. The minimum Gasteiger partial charge on any atom is -0.477 e. The third kappa shape index (κ3) is 4.61. The van der Waals surface area contributed by atoms with E-state index < -0.39 is 16.0 Å². The number of nitrogens with zero attached hydrogens (tertiary/aromatic N) is 2. The molecule has 0 bridgehead atoms. The quantitative estimate of drug-likeness (QED) is 0.315. The molecule has 0 amide bonds. The third-order valence-electron chi connectivity index (χ3n) is 4.81. The number of sulfonamides is 1. The van der Waals surface area contributed by atoms with Crippen molar-refractivity contribution in [1.82, 2.24) is 9.97 Å². The Hall–Kier alpha value is -4.42. The topological polar surface area (TPSA) is 135 Å².